The van der Waals surface area contributed by atoms with E-state index in [2.05, 4.69) is 18.4 Å². The summed E-state index contributed by atoms with van der Waals surface area (Å²) in [4.78, 5) is 14.6. The Bertz CT molecular complexity index is 990. The quantitative estimate of drug-likeness (QED) is 0.783. The fourth-order valence-electron chi connectivity index (χ4n) is 3.87. The highest BCUT2D eigenvalue weighted by Crippen LogP contribution is 2.23. The molecule has 1 saturated heterocycles. The number of rotatable bonds is 4. The standard InChI is InChI=1S/C20H26FN3O3S/c1-14(2)24-15(3)12-19(16(24)4)20(25)22-8-10-23(11-9-22)28(26,27)18-7-5-6-17(21)13-18/h5-7,12-14H,8-11H2,1-4H3. The fourth-order valence-corrected chi connectivity index (χ4v) is 5.32. The van der Waals surface area contributed by atoms with E-state index in [1.165, 1.54) is 22.5 Å². The number of hydrogen-bond acceptors (Lipinski definition) is 3. The van der Waals surface area contributed by atoms with Crippen molar-refractivity contribution in [1.29, 1.82) is 0 Å². The second kappa shape index (κ2) is 7.67. The van der Waals surface area contributed by atoms with Gasteiger partial charge in [0.1, 0.15) is 5.82 Å². The van der Waals surface area contributed by atoms with Crippen LogP contribution in [0.3, 0.4) is 0 Å². The van der Waals surface area contributed by atoms with Gasteiger partial charge in [0.15, 0.2) is 0 Å². The van der Waals surface area contributed by atoms with Crippen LogP contribution in [0.1, 0.15) is 41.6 Å². The van der Waals surface area contributed by atoms with Crippen molar-refractivity contribution in [2.24, 2.45) is 0 Å². The first-order chi connectivity index (χ1) is 13.1. The smallest absolute Gasteiger partial charge is 0.255 e. The number of sulfonamides is 1. The van der Waals surface area contributed by atoms with Crippen molar-refractivity contribution < 1.29 is 17.6 Å². The van der Waals surface area contributed by atoms with Crippen LogP contribution in [0.2, 0.25) is 0 Å². The summed E-state index contributed by atoms with van der Waals surface area (Å²) < 4.78 is 42.3. The molecule has 2 heterocycles. The monoisotopic (exact) mass is 407 g/mol. The van der Waals surface area contributed by atoms with E-state index in [1.54, 1.807) is 4.90 Å². The minimum absolute atomic E-state index is 0.0623. The highest BCUT2D eigenvalue weighted by molar-refractivity contribution is 7.89. The number of nitrogens with zero attached hydrogens (tertiary/aromatic N) is 3. The molecule has 1 aromatic heterocycles. The van der Waals surface area contributed by atoms with E-state index in [4.69, 9.17) is 0 Å². The zero-order chi connectivity index (χ0) is 20.6. The Morgan fingerprint density at radius 3 is 2.25 bits per heavy atom. The molecule has 8 heteroatoms. The molecule has 1 amide bonds. The van der Waals surface area contributed by atoms with Gasteiger partial charge in [0.05, 0.1) is 10.5 Å². The van der Waals surface area contributed by atoms with Crippen molar-refractivity contribution in [3.05, 3.63) is 53.1 Å². The minimum atomic E-state index is -3.77. The lowest BCUT2D eigenvalue weighted by Crippen LogP contribution is -2.50. The molecule has 1 aliphatic heterocycles. The van der Waals surface area contributed by atoms with Gasteiger partial charge < -0.3 is 9.47 Å². The summed E-state index contributed by atoms with van der Waals surface area (Å²) in [6, 6.07) is 7.16. The lowest BCUT2D eigenvalue weighted by Gasteiger charge is -2.34. The molecular weight excluding hydrogens is 381 g/mol. The average Bonchev–Trinajstić information content (AvgIpc) is 2.95. The van der Waals surface area contributed by atoms with Crippen LogP contribution in [0.15, 0.2) is 35.2 Å². The van der Waals surface area contributed by atoms with Crippen LogP contribution in [-0.2, 0) is 10.0 Å². The van der Waals surface area contributed by atoms with Crippen LogP contribution >= 0.6 is 0 Å². The van der Waals surface area contributed by atoms with Crippen molar-refractivity contribution in [2.75, 3.05) is 26.2 Å². The molecule has 1 aliphatic rings. The second-order valence-corrected chi connectivity index (χ2v) is 9.34. The number of amides is 1. The van der Waals surface area contributed by atoms with Crippen LogP contribution in [0.5, 0.6) is 0 Å². The molecule has 0 radical (unpaired) electrons. The van der Waals surface area contributed by atoms with Crippen molar-refractivity contribution in [2.45, 2.75) is 38.6 Å². The molecule has 0 saturated carbocycles. The molecule has 1 aromatic carbocycles. The SMILES string of the molecule is Cc1cc(C(=O)N2CCN(S(=O)(=O)c3cccc(F)c3)CC2)c(C)n1C(C)C. The molecule has 6 nitrogen and oxygen atoms in total. The third-order valence-electron chi connectivity index (χ3n) is 5.19. The largest absolute Gasteiger partial charge is 0.346 e. The van der Waals surface area contributed by atoms with Crippen molar-refractivity contribution in [3.63, 3.8) is 0 Å². The van der Waals surface area contributed by atoms with E-state index in [9.17, 15) is 17.6 Å². The van der Waals surface area contributed by atoms with E-state index >= 15 is 0 Å². The fraction of sp³-hybridized carbons (Fsp3) is 0.450. The summed E-state index contributed by atoms with van der Waals surface area (Å²) in [6.07, 6.45) is 0. The Labute approximate surface area is 165 Å². The highest BCUT2D eigenvalue weighted by Gasteiger charge is 2.31. The molecule has 0 unspecified atom stereocenters. The van der Waals surface area contributed by atoms with Gasteiger partial charge in [-0.1, -0.05) is 6.07 Å². The number of aryl methyl sites for hydroxylation is 1. The maximum atomic E-state index is 13.4. The Balaban J connectivity index is 1.74. The van der Waals surface area contributed by atoms with Crippen molar-refractivity contribution >= 4 is 15.9 Å². The third kappa shape index (κ3) is 3.71. The maximum absolute atomic E-state index is 13.4. The van der Waals surface area contributed by atoms with Crippen molar-refractivity contribution in [1.82, 2.24) is 13.8 Å². The number of aromatic nitrogens is 1. The Hall–Kier alpha value is -2.19. The number of benzene rings is 1. The zero-order valence-corrected chi connectivity index (χ0v) is 17.5. The van der Waals surface area contributed by atoms with E-state index < -0.39 is 15.8 Å². The third-order valence-corrected chi connectivity index (χ3v) is 7.09. The highest BCUT2D eigenvalue weighted by atomic mass is 32.2. The lowest BCUT2D eigenvalue weighted by atomic mass is 10.2. The van der Waals surface area contributed by atoms with Gasteiger partial charge in [0.2, 0.25) is 10.0 Å². The zero-order valence-electron chi connectivity index (χ0n) is 16.6. The minimum Gasteiger partial charge on any atom is -0.346 e. The van der Waals surface area contributed by atoms with Gasteiger partial charge in [0, 0.05) is 43.6 Å². The van der Waals surface area contributed by atoms with Gasteiger partial charge in [0.25, 0.3) is 5.91 Å². The molecule has 0 atom stereocenters. The summed E-state index contributed by atoms with van der Waals surface area (Å²) in [6.45, 7) is 9.05. The molecule has 1 fully saturated rings. The van der Waals surface area contributed by atoms with Crippen LogP contribution < -0.4 is 0 Å². The summed E-state index contributed by atoms with van der Waals surface area (Å²) in [7, 11) is -3.77. The maximum Gasteiger partial charge on any atom is 0.255 e. The normalized spacial score (nSPS) is 16.0. The van der Waals surface area contributed by atoms with E-state index in [1.807, 2.05) is 19.9 Å². The first-order valence-electron chi connectivity index (χ1n) is 9.36. The molecule has 152 valence electrons. The van der Waals surface area contributed by atoms with E-state index in [0.717, 1.165) is 17.5 Å². The predicted octanol–water partition coefficient (Wildman–Crippen LogP) is 2.97. The Kier molecular flexibility index (Phi) is 5.63. The molecular formula is C20H26FN3O3S. The Morgan fingerprint density at radius 2 is 1.71 bits per heavy atom. The number of piperazine rings is 1. The van der Waals surface area contributed by atoms with Gasteiger partial charge in [-0.15, -0.1) is 0 Å². The molecule has 0 aliphatic carbocycles. The number of carbonyl (C=O) groups is 1. The van der Waals surface area contributed by atoms with Crippen LogP contribution in [0.4, 0.5) is 4.39 Å². The summed E-state index contributed by atoms with van der Waals surface area (Å²) in [5, 5.41) is 0. The molecule has 2 aromatic rings. The molecule has 28 heavy (non-hydrogen) atoms. The lowest BCUT2D eigenvalue weighted by molar-refractivity contribution is 0.0697. The molecule has 0 bridgehead atoms. The first-order valence-corrected chi connectivity index (χ1v) is 10.8. The second-order valence-electron chi connectivity index (χ2n) is 7.40. The number of hydrogen-bond donors (Lipinski definition) is 0. The molecule has 0 N–H and O–H groups in total. The van der Waals surface area contributed by atoms with Gasteiger partial charge in [-0.05, 0) is 52.0 Å². The van der Waals surface area contributed by atoms with E-state index in [0.29, 0.717) is 18.7 Å². The molecule has 0 spiro atoms. The summed E-state index contributed by atoms with van der Waals surface area (Å²) in [5.41, 5.74) is 2.61. The van der Waals surface area contributed by atoms with Crippen LogP contribution in [0, 0.1) is 19.7 Å². The number of carbonyl (C=O) groups excluding carboxylic acids is 1. The predicted molar refractivity (Wildman–Crippen MR) is 105 cm³/mol. The summed E-state index contributed by atoms with van der Waals surface area (Å²) >= 11 is 0. The first kappa shape index (κ1) is 20.5. The topological polar surface area (TPSA) is 62.6 Å². The van der Waals surface area contributed by atoms with E-state index in [-0.39, 0.29) is 29.9 Å². The molecule has 3 rings (SSSR count). The van der Waals surface area contributed by atoms with Gasteiger partial charge in [-0.2, -0.15) is 4.31 Å². The van der Waals surface area contributed by atoms with Crippen molar-refractivity contribution in [3.8, 4) is 0 Å². The van der Waals surface area contributed by atoms with Crippen LogP contribution in [0.25, 0.3) is 0 Å². The summed E-state index contributed by atoms with van der Waals surface area (Å²) in [5.74, 6) is -0.668. The van der Waals surface area contributed by atoms with Gasteiger partial charge >= 0.3 is 0 Å². The van der Waals surface area contributed by atoms with Crippen LogP contribution in [-0.4, -0.2) is 54.3 Å². The van der Waals surface area contributed by atoms with Gasteiger partial charge in [-0.25, -0.2) is 12.8 Å². The van der Waals surface area contributed by atoms with Gasteiger partial charge in [-0.3, -0.25) is 4.79 Å². The Morgan fingerprint density at radius 1 is 1.07 bits per heavy atom. The average molecular weight is 408 g/mol. The number of halogens is 1.